The first-order valence-corrected chi connectivity index (χ1v) is 10.5. The van der Waals surface area contributed by atoms with Crippen molar-refractivity contribution in [3.63, 3.8) is 0 Å². The van der Waals surface area contributed by atoms with E-state index in [9.17, 15) is 14.4 Å². The van der Waals surface area contributed by atoms with Gasteiger partial charge in [0.25, 0.3) is 11.8 Å². The zero-order valence-electron chi connectivity index (χ0n) is 18.1. The van der Waals surface area contributed by atoms with E-state index in [0.717, 1.165) is 21.6 Å². The van der Waals surface area contributed by atoms with Gasteiger partial charge < -0.3 is 5.32 Å². The van der Waals surface area contributed by atoms with Gasteiger partial charge in [-0.3, -0.25) is 14.4 Å². The van der Waals surface area contributed by atoms with Crippen molar-refractivity contribution in [1.29, 1.82) is 0 Å². The minimum absolute atomic E-state index is 0.0651. The predicted octanol–water partition coefficient (Wildman–Crippen LogP) is 4.43. The molecule has 0 aromatic heterocycles. The van der Waals surface area contributed by atoms with Crippen molar-refractivity contribution in [2.24, 2.45) is 0 Å². The zero-order valence-corrected chi connectivity index (χ0v) is 18.1. The van der Waals surface area contributed by atoms with Crippen LogP contribution in [0.5, 0.6) is 0 Å². The van der Waals surface area contributed by atoms with Gasteiger partial charge in [-0.25, -0.2) is 4.90 Å². The molecule has 32 heavy (non-hydrogen) atoms. The summed E-state index contributed by atoms with van der Waals surface area (Å²) in [6.45, 7) is 4.61. The predicted molar refractivity (Wildman–Crippen MR) is 124 cm³/mol. The van der Waals surface area contributed by atoms with Crippen LogP contribution in [0.15, 0.2) is 72.9 Å². The Labute approximate surface area is 187 Å². The lowest BCUT2D eigenvalue weighted by molar-refractivity contribution is -0.120. The van der Waals surface area contributed by atoms with Crippen molar-refractivity contribution < 1.29 is 14.4 Å². The number of amides is 3. The lowest BCUT2D eigenvalue weighted by Gasteiger charge is -2.09. The van der Waals surface area contributed by atoms with Crippen molar-refractivity contribution in [1.82, 2.24) is 10.2 Å². The number of hydrogen-bond acceptors (Lipinski definition) is 3. The summed E-state index contributed by atoms with van der Waals surface area (Å²) in [5.74, 6) is -0.725. The number of nitrogens with one attached hydrogen (secondary N) is 1. The fourth-order valence-electron chi connectivity index (χ4n) is 3.67. The van der Waals surface area contributed by atoms with E-state index >= 15 is 0 Å². The molecule has 0 saturated heterocycles. The van der Waals surface area contributed by atoms with Gasteiger partial charge in [0, 0.05) is 12.7 Å². The largest absolute Gasteiger partial charge is 0.352 e. The molecule has 3 amide bonds. The van der Waals surface area contributed by atoms with Gasteiger partial charge >= 0.3 is 0 Å². The summed E-state index contributed by atoms with van der Waals surface area (Å²) in [5, 5.41) is 2.96. The molecule has 1 aliphatic rings. The van der Waals surface area contributed by atoms with Crippen molar-refractivity contribution in [2.75, 3.05) is 0 Å². The van der Waals surface area contributed by atoms with Gasteiger partial charge in [-0.2, -0.15) is 0 Å². The number of aryl methyl sites for hydroxylation is 2. The van der Waals surface area contributed by atoms with Crippen LogP contribution in [-0.4, -0.2) is 22.6 Å². The van der Waals surface area contributed by atoms with E-state index in [0.29, 0.717) is 17.7 Å². The number of benzene rings is 3. The summed E-state index contributed by atoms with van der Waals surface area (Å²) in [4.78, 5) is 38.5. The van der Waals surface area contributed by atoms with Crippen LogP contribution in [0.25, 0.3) is 6.08 Å². The second kappa shape index (κ2) is 9.02. The Kier molecular flexibility index (Phi) is 5.99. The lowest BCUT2D eigenvalue weighted by Crippen LogP contribution is -2.24. The van der Waals surface area contributed by atoms with Gasteiger partial charge in [0.15, 0.2) is 0 Å². The highest BCUT2D eigenvalue weighted by atomic mass is 16.2. The maximum atomic E-state index is 12.5. The van der Waals surface area contributed by atoms with Crippen LogP contribution in [0.1, 0.15) is 48.5 Å². The quantitative estimate of drug-likeness (QED) is 0.596. The highest BCUT2D eigenvalue weighted by Gasteiger charge is 2.33. The molecule has 0 atom stereocenters. The molecule has 5 heteroatoms. The topological polar surface area (TPSA) is 66.5 Å². The number of carbonyl (C=O) groups is 3. The second-order valence-corrected chi connectivity index (χ2v) is 7.96. The summed E-state index contributed by atoms with van der Waals surface area (Å²) in [6.07, 6.45) is 3.45. The maximum absolute atomic E-state index is 12.5. The Morgan fingerprint density at radius 1 is 0.844 bits per heavy atom. The molecule has 0 radical (unpaired) electrons. The van der Waals surface area contributed by atoms with Crippen LogP contribution in [0.2, 0.25) is 0 Å². The number of fused-ring (bicyclic) bond motifs is 1. The van der Waals surface area contributed by atoms with E-state index in [2.05, 4.69) is 31.3 Å². The Hall–Kier alpha value is -3.99. The van der Waals surface area contributed by atoms with Crippen LogP contribution >= 0.6 is 0 Å². The minimum atomic E-state index is -0.330. The highest BCUT2D eigenvalue weighted by molar-refractivity contribution is 6.22. The molecule has 3 aromatic carbocycles. The first kappa shape index (κ1) is 21.2. The van der Waals surface area contributed by atoms with Crippen molar-refractivity contribution in [2.45, 2.75) is 26.8 Å². The third-order valence-electron chi connectivity index (χ3n) is 5.62. The van der Waals surface area contributed by atoms with Crippen molar-refractivity contribution >= 4 is 23.8 Å². The number of hydrogen-bond donors (Lipinski definition) is 1. The first-order valence-electron chi connectivity index (χ1n) is 10.5. The Bertz CT molecular complexity index is 1210. The van der Waals surface area contributed by atoms with Gasteiger partial charge in [-0.15, -0.1) is 0 Å². The fraction of sp³-hybridized carbons (Fsp3) is 0.148. The molecule has 0 bridgehead atoms. The number of nitrogens with zero attached hydrogens (tertiary/aromatic N) is 1. The second-order valence-electron chi connectivity index (χ2n) is 7.96. The average Bonchev–Trinajstić information content (AvgIpc) is 3.03. The van der Waals surface area contributed by atoms with Gasteiger partial charge in [0.2, 0.25) is 5.91 Å². The number of rotatable bonds is 6. The third-order valence-corrected chi connectivity index (χ3v) is 5.62. The Morgan fingerprint density at radius 2 is 1.56 bits per heavy atom. The minimum Gasteiger partial charge on any atom is -0.352 e. The molecule has 1 N–H and O–H groups in total. The zero-order chi connectivity index (χ0) is 22.7. The molecule has 0 aliphatic carbocycles. The highest BCUT2D eigenvalue weighted by Crippen LogP contribution is 2.23. The van der Waals surface area contributed by atoms with Crippen LogP contribution in [0.4, 0.5) is 0 Å². The van der Waals surface area contributed by atoms with E-state index < -0.39 is 0 Å². The van der Waals surface area contributed by atoms with Gasteiger partial charge in [-0.1, -0.05) is 54.6 Å². The molecular weight excluding hydrogens is 400 g/mol. The van der Waals surface area contributed by atoms with Crippen molar-refractivity contribution in [3.05, 3.63) is 112 Å². The molecule has 1 heterocycles. The van der Waals surface area contributed by atoms with Gasteiger partial charge in [-0.05, 0) is 59.9 Å². The van der Waals surface area contributed by atoms with E-state index in [4.69, 9.17) is 0 Å². The van der Waals surface area contributed by atoms with Crippen LogP contribution in [0.3, 0.4) is 0 Å². The molecular formula is C27H24N2O3. The molecule has 1 aliphatic heterocycles. The summed E-state index contributed by atoms with van der Waals surface area (Å²) < 4.78 is 0. The van der Waals surface area contributed by atoms with Crippen LogP contribution in [0, 0.1) is 13.8 Å². The molecule has 4 rings (SSSR count). The standard InChI is InChI=1S/C27H24N2O3/c1-18-10-11-22(14-19(18)2)17-28-25(30)16-21-7-5-6-20(15-21)12-13-29-26(31)23-8-3-4-9-24(23)27(29)32/h3-15H,16-17H2,1-2H3,(H,28,30)/b13-12+. The van der Waals surface area contributed by atoms with Crippen LogP contribution in [-0.2, 0) is 17.8 Å². The summed E-state index contributed by atoms with van der Waals surface area (Å²) in [6, 6.07) is 20.4. The molecule has 5 nitrogen and oxygen atoms in total. The SMILES string of the molecule is Cc1ccc(CNC(=O)Cc2cccc(/C=C/N3C(=O)c4ccccc4C3=O)c2)cc1C. The van der Waals surface area contributed by atoms with Crippen LogP contribution < -0.4 is 5.32 Å². The van der Waals surface area contributed by atoms with E-state index in [1.54, 1.807) is 30.3 Å². The summed E-state index contributed by atoms with van der Waals surface area (Å²) in [5.41, 5.74) is 5.99. The number of imide groups is 1. The molecule has 160 valence electrons. The molecule has 0 unspecified atom stereocenters. The molecule has 3 aromatic rings. The number of carbonyl (C=O) groups excluding carboxylic acids is 3. The molecule has 0 saturated carbocycles. The maximum Gasteiger partial charge on any atom is 0.265 e. The Balaban J connectivity index is 1.38. The molecule has 0 fully saturated rings. The normalized spacial score (nSPS) is 13.0. The first-order chi connectivity index (χ1) is 15.4. The fourth-order valence-corrected chi connectivity index (χ4v) is 3.67. The van der Waals surface area contributed by atoms with E-state index in [-0.39, 0.29) is 24.1 Å². The molecule has 0 spiro atoms. The summed E-state index contributed by atoms with van der Waals surface area (Å²) >= 11 is 0. The van der Waals surface area contributed by atoms with Crippen molar-refractivity contribution in [3.8, 4) is 0 Å². The summed E-state index contributed by atoms with van der Waals surface area (Å²) in [7, 11) is 0. The average molecular weight is 425 g/mol. The Morgan fingerprint density at radius 3 is 2.25 bits per heavy atom. The van der Waals surface area contributed by atoms with E-state index in [1.165, 1.54) is 17.3 Å². The smallest absolute Gasteiger partial charge is 0.265 e. The van der Waals surface area contributed by atoms with Gasteiger partial charge in [0.1, 0.15) is 0 Å². The van der Waals surface area contributed by atoms with Gasteiger partial charge in [0.05, 0.1) is 17.5 Å². The third kappa shape index (κ3) is 4.52. The lowest BCUT2D eigenvalue weighted by atomic mass is 10.1. The van der Waals surface area contributed by atoms with E-state index in [1.807, 2.05) is 30.3 Å². The monoisotopic (exact) mass is 424 g/mol.